The highest BCUT2D eigenvalue weighted by Gasteiger charge is 2.24. The van der Waals surface area contributed by atoms with Gasteiger partial charge in [-0.15, -0.1) is 11.8 Å². The topological polar surface area (TPSA) is 34.0 Å². The van der Waals surface area contributed by atoms with Crippen LogP contribution in [0.1, 0.15) is 5.56 Å². The summed E-state index contributed by atoms with van der Waals surface area (Å²) < 4.78 is 45.6. The van der Waals surface area contributed by atoms with Gasteiger partial charge in [0.2, 0.25) is 5.91 Å². The molecule has 2 aromatic carbocycles. The molecule has 1 aliphatic rings. The molecule has 1 aliphatic heterocycles. The minimum atomic E-state index is -0.528. The first-order valence-electron chi connectivity index (χ1n) is 8.98. The molecule has 1 N–H and O–H groups in total. The summed E-state index contributed by atoms with van der Waals surface area (Å²) in [5.74, 6) is -1.23. The van der Waals surface area contributed by atoms with E-state index < -0.39 is 11.6 Å². The van der Waals surface area contributed by atoms with Crippen LogP contribution in [0.15, 0.2) is 41.3 Å². The monoisotopic (exact) mass is 411 g/mol. The molecule has 0 radical (unpaired) electrons. The second-order valence-electron chi connectivity index (χ2n) is 6.64. The third-order valence-corrected chi connectivity index (χ3v) is 5.75. The van der Waals surface area contributed by atoms with Crippen LogP contribution in [0.4, 0.5) is 13.2 Å². The second kappa shape index (κ2) is 9.34. The van der Waals surface area contributed by atoms with Crippen molar-refractivity contribution in [2.45, 2.75) is 11.4 Å². The molecule has 0 spiro atoms. The maximum absolute atomic E-state index is 13.8. The summed E-state index contributed by atoms with van der Waals surface area (Å²) in [6.45, 7) is 3.33. The molecule has 0 atom stereocenters. The Morgan fingerprint density at radius 3 is 2.54 bits per heavy atom. The molecule has 0 bridgehead atoms. The van der Waals surface area contributed by atoms with Crippen molar-refractivity contribution in [2.24, 2.45) is 0 Å². The summed E-state index contributed by atoms with van der Waals surface area (Å²) in [4.78, 5) is 15.5. The molecule has 1 saturated heterocycles. The minimum Gasteiger partial charge on any atom is -0.494 e. The van der Waals surface area contributed by atoms with Gasteiger partial charge in [0.05, 0.1) is 39.0 Å². The molecular weight excluding hydrogens is 389 g/mol. The van der Waals surface area contributed by atoms with Gasteiger partial charge >= 0.3 is 0 Å². The number of carbonyl (C=O) groups excluding carboxylic acids is 1. The fraction of sp³-hybridized carbons (Fsp3) is 0.350. The third kappa shape index (κ3) is 5.20. The second-order valence-corrected chi connectivity index (χ2v) is 7.66. The van der Waals surface area contributed by atoms with E-state index in [2.05, 4.69) is 0 Å². The van der Waals surface area contributed by atoms with Crippen LogP contribution >= 0.6 is 11.8 Å². The van der Waals surface area contributed by atoms with Crippen molar-refractivity contribution in [1.29, 1.82) is 0 Å². The van der Waals surface area contributed by atoms with Gasteiger partial charge in [-0.25, -0.2) is 13.2 Å². The first-order chi connectivity index (χ1) is 13.5. The molecule has 0 unspecified atom stereocenters. The first-order valence-corrected chi connectivity index (χ1v) is 9.96. The van der Waals surface area contributed by atoms with Crippen molar-refractivity contribution in [3.8, 4) is 5.75 Å². The predicted octanol–water partition coefficient (Wildman–Crippen LogP) is 2.13. The van der Waals surface area contributed by atoms with Crippen molar-refractivity contribution in [3.63, 3.8) is 0 Å². The molecule has 0 saturated carbocycles. The molecule has 4 nitrogen and oxygen atoms in total. The Hall–Kier alpha value is -2.19. The first kappa shape index (κ1) is 20.5. The summed E-state index contributed by atoms with van der Waals surface area (Å²) in [6, 6.07) is 8.16. The van der Waals surface area contributed by atoms with Crippen LogP contribution in [-0.2, 0) is 11.3 Å². The number of piperazine rings is 1. The normalized spacial score (nSPS) is 14.9. The van der Waals surface area contributed by atoms with Gasteiger partial charge < -0.3 is 14.5 Å². The fourth-order valence-electron chi connectivity index (χ4n) is 3.18. The molecule has 1 amide bonds. The molecule has 1 fully saturated rings. The Bertz CT molecular complexity index is 842. The zero-order valence-corrected chi connectivity index (χ0v) is 16.3. The Labute approximate surface area is 166 Å². The fourth-order valence-corrected chi connectivity index (χ4v) is 4.04. The Morgan fingerprint density at radius 2 is 1.86 bits per heavy atom. The van der Waals surface area contributed by atoms with Gasteiger partial charge in [0.1, 0.15) is 18.2 Å². The minimum absolute atomic E-state index is 0.0688. The molecular formula is C20H22F3N2O2S+. The molecule has 28 heavy (non-hydrogen) atoms. The predicted molar refractivity (Wildman–Crippen MR) is 101 cm³/mol. The van der Waals surface area contributed by atoms with Crippen molar-refractivity contribution < 1.29 is 27.6 Å². The Balaban J connectivity index is 1.47. The summed E-state index contributed by atoms with van der Waals surface area (Å²) in [5.41, 5.74) is 0.880. The summed E-state index contributed by atoms with van der Waals surface area (Å²) in [6.07, 6.45) is 0. The number of ether oxygens (including phenoxy) is 1. The van der Waals surface area contributed by atoms with E-state index >= 15 is 0 Å². The van der Waals surface area contributed by atoms with Crippen LogP contribution in [0.2, 0.25) is 0 Å². The highest BCUT2D eigenvalue weighted by atomic mass is 32.2. The number of hydrogen-bond donors (Lipinski definition) is 1. The van der Waals surface area contributed by atoms with Crippen LogP contribution < -0.4 is 9.64 Å². The Kier molecular flexibility index (Phi) is 6.85. The number of nitrogens with zero attached hydrogens (tertiary/aromatic N) is 1. The molecule has 0 aliphatic carbocycles. The number of halogens is 3. The van der Waals surface area contributed by atoms with E-state index in [0.717, 1.165) is 48.6 Å². The quantitative estimate of drug-likeness (QED) is 0.740. The zero-order valence-electron chi connectivity index (χ0n) is 15.5. The van der Waals surface area contributed by atoms with Gasteiger partial charge in [0, 0.05) is 10.5 Å². The maximum atomic E-state index is 13.8. The Morgan fingerprint density at radius 1 is 1.11 bits per heavy atom. The smallest absolute Gasteiger partial charge is 0.233 e. The van der Waals surface area contributed by atoms with Gasteiger partial charge in [-0.05, 0) is 36.4 Å². The van der Waals surface area contributed by atoms with Crippen LogP contribution in [0, 0.1) is 17.5 Å². The molecule has 3 rings (SSSR count). The van der Waals surface area contributed by atoms with E-state index in [1.807, 2.05) is 6.07 Å². The number of quaternary nitrogens is 1. The number of thioether (sulfide) groups is 1. The van der Waals surface area contributed by atoms with Gasteiger partial charge in [-0.1, -0.05) is 0 Å². The lowest BCUT2D eigenvalue weighted by atomic mass is 10.2. The number of benzene rings is 2. The molecule has 2 aromatic rings. The lowest BCUT2D eigenvalue weighted by Crippen LogP contribution is -3.13. The van der Waals surface area contributed by atoms with Gasteiger partial charge in [0.15, 0.2) is 11.6 Å². The van der Waals surface area contributed by atoms with Crippen LogP contribution in [-0.4, -0.2) is 49.8 Å². The van der Waals surface area contributed by atoms with Gasteiger partial charge in [0.25, 0.3) is 0 Å². The van der Waals surface area contributed by atoms with Crippen molar-refractivity contribution >= 4 is 17.7 Å². The number of methoxy groups -OCH3 is 1. The summed E-state index contributed by atoms with van der Waals surface area (Å²) in [7, 11) is 1.43. The SMILES string of the molecule is COc1ccc(C[NH+]2CCN(C(=O)CSc3cc(F)ccc3F)CC2)cc1F. The van der Waals surface area contributed by atoms with Crippen molar-refractivity contribution in [3.05, 3.63) is 59.4 Å². The number of carbonyl (C=O) groups is 1. The molecule has 1 heterocycles. The number of nitrogens with one attached hydrogen (secondary N) is 1. The van der Waals surface area contributed by atoms with Crippen molar-refractivity contribution in [2.75, 3.05) is 39.0 Å². The number of rotatable bonds is 6. The van der Waals surface area contributed by atoms with Crippen LogP contribution in [0.3, 0.4) is 0 Å². The molecule has 150 valence electrons. The highest BCUT2D eigenvalue weighted by molar-refractivity contribution is 8.00. The van der Waals surface area contributed by atoms with Crippen LogP contribution in [0.5, 0.6) is 5.75 Å². The van der Waals surface area contributed by atoms with Gasteiger partial charge in [-0.3, -0.25) is 4.79 Å². The lowest BCUT2D eigenvalue weighted by molar-refractivity contribution is -0.917. The zero-order chi connectivity index (χ0) is 20.1. The standard InChI is InChI=1S/C20H21F3N2O2S/c1-27-18-5-2-14(10-17(18)23)12-24-6-8-25(9-7-24)20(26)13-28-19-11-15(21)3-4-16(19)22/h2-5,10-11H,6-9,12-13H2,1H3/p+1. The van der Waals surface area contributed by atoms with Crippen molar-refractivity contribution in [1.82, 2.24) is 4.90 Å². The number of amides is 1. The van der Waals surface area contributed by atoms with E-state index in [1.54, 1.807) is 11.0 Å². The summed E-state index contributed by atoms with van der Waals surface area (Å²) >= 11 is 1.00. The molecule has 0 aromatic heterocycles. The third-order valence-electron chi connectivity index (χ3n) is 4.74. The van der Waals surface area contributed by atoms with E-state index in [9.17, 15) is 18.0 Å². The highest BCUT2D eigenvalue weighted by Crippen LogP contribution is 2.23. The number of hydrogen-bond acceptors (Lipinski definition) is 3. The van der Waals surface area contributed by atoms with Gasteiger partial charge in [-0.2, -0.15) is 0 Å². The average molecular weight is 411 g/mol. The van der Waals surface area contributed by atoms with E-state index in [-0.39, 0.29) is 28.1 Å². The van der Waals surface area contributed by atoms with E-state index in [4.69, 9.17) is 4.74 Å². The molecule has 8 heteroatoms. The maximum Gasteiger partial charge on any atom is 0.233 e. The lowest BCUT2D eigenvalue weighted by Gasteiger charge is -2.32. The average Bonchev–Trinajstić information content (AvgIpc) is 2.69. The van der Waals surface area contributed by atoms with E-state index in [0.29, 0.717) is 19.6 Å². The summed E-state index contributed by atoms with van der Waals surface area (Å²) in [5, 5.41) is 0. The van der Waals surface area contributed by atoms with Crippen LogP contribution in [0.25, 0.3) is 0 Å². The van der Waals surface area contributed by atoms with E-state index in [1.165, 1.54) is 18.1 Å². The largest absolute Gasteiger partial charge is 0.494 e.